The van der Waals surface area contributed by atoms with Crippen molar-refractivity contribution in [2.75, 3.05) is 7.11 Å². The van der Waals surface area contributed by atoms with E-state index in [0.29, 0.717) is 0 Å². The molecule has 160 valence electrons. The highest BCUT2D eigenvalue weighted by Gasteiger charge is 2.16. The van der Waals surface area contributed by atoms with Gasteiger partial charge in [-0.05, 0) is 58.5 Å². The van der Waals surface area contributed by atoms with Crippen molar-refractivity contribution in [3.8, 4) is 5.75 Å². The predicted molar refractivity (Wildman–Crippen MR) is 128 cm³/mol. The van der Waals surface area contributed by atoms with E-state index in [4.69, 9.17) is 9.84 Å². The molecular weight excluding hydrogens is 400 g/mol. The topological polar surface area (TPSA) is 75.2 Å². The van der Waals surface area contributed by atoms with E-state index >= 15 is 0 Å². The second kappa shape index (κ2) is 9.35. The zero-order valence-electron chi connectivity index (χ0n) is 18.0. The number of allylic oxidation sites excluding steroid dienone is 1. The number of rotatable bonds is 7. The van der Waals surface area contributed by atoms with Crippen molar-refractivity contribution in [2.24, 2.45) is 0 Å². The van der Waals surface area contributed by atoms with Crippen molar-refractivity contribution in [1.29, 1.82) is 0 Å². The Balaban J connectivity index is 1.94. The molecule has 0 saturated heterocycles. The first-order chi connectivity index (χ1) is 15.6. The summed E-state index contributed by atoms with van der Waals surface area (Å²) in [7, 11) is 1.69. The summed E-state index contributed by atoms with van der Waals surface area (Å²) in [5, 5.41) is 17.1. The highest BCUT2D eigenvalue weighted by molar-refractivity contribution is 6.01. The van der Waals surface area contributed by atoms with Gasteiger partial charge in [-0.3, -0.25) is 5.10 Å². The number of nitrogens with one attached hydrogen (secondary N) is 1. The van der Waals surface area contributed by atoms with Gasteiger partial charge in [0.15, 0.2) is 0 Å². The molecule has 2 N–H and O–H groups in total. The van der Waals surface area contributed by atoms with E-state index in [0.717, 1.165) is 57.0 Å². The minimum absolute atomic E-state index is 0.805. The molecular formula is C27H24N2O3. The molecule has 32 heavy (non-hydrogen) atoms. The summed E-state index contributed by atoms with van der Waals surface area (Å²) >= 11 is 0. The van der Waals surface area contributed by atoms with Gasteiger partial charge in [0.1, 0.15) is 5.75 Å². The Morgan fingerprint density at radius 2 is 1.81 bits per heavy atom. The second-order valence-corrected chi connectivity index (χ2v) is 7.37. The maximum absolute atomic E-state index is 10.8. The predicted octanol–water partition coefficient (Wildman–Crippen LogP) is 6.04. The third-order valence-corrected chi connectivity index (χ3v) is 5.43. The lowest BCUT2D eigenvalue weighted by molar-refractivity contribution is -0.131. The van der Waals surface area contributed by atoms with Gasteiger partial charge in [-0.2, -0.15) is 5.10 Å². The van der Waals surface area contributed by atoms with Crippen LogP contribution in [0.2, 0.25) is 0 Å². The number of aliphatic carboxylic acids is 1. The van der Waals surface area contributed by atoms with Gasteiger partial charge in [-0.15, -0.1) is 0 Å². The molecule has 0 spiro atoms. The highest BCUT2D eigenvalue weighted by atomic mass is 16.5. The zero-order chi connectivity index (χ0) is 22.5. The quantitative estimate of drug-likeness (QED) is 0.280. The molecule has 0 atom stereocenters. The lowest BCUT2D eigenvalue weighted by atomic mass is 9.87. The number of carboxylic acids is 1. The first-order valence-electron chi connectivity index (χ1n) is 10.4. The number of hydrogen-bond acceptors (Lipinski definition) is 3. The number of nitrogens with zero attached hydrogens (tertiary/aromatic N) is 1. The number of aromatic amines is 1. The Kier molecular flexibility index (Phi) is 6.17. The number of aromatic nitrogens is 2. The van der Waals surface area contributed by atoms with Crippen LogP contribution < -0.4 is 4.74 Å². The van der Waals surface area contributed by atoms with Gasteiger partial charge in [0.05, 0.1) is 18.8 Å². The summed E-state index contributed by atoms with van der Waals surface area (Å²) in [6.07, 6.45) is 5.36. The fourth-order valence-electron chi connectivity index (χ4n) is 3.94. The maximum atomic E-state index is 10.8. The van der Waals surface area contributed by atoms with E-state index < -0.39 is 5.97 Å². The Labute approximate surface area is 186 Å². The highest BCUT2D eigenvalue weighted by Crippen LogP contribution is 2.38. The van der Waals surface area contributed by atoms with Crippen molar-refractivity contribution in [1.82, 2.24) is 10.2 Å². The number of carboxylic acid groups (broad SMARTS) is 1. The van der Waals surface area contributed by atoms with Crippen LogP contribution in [0, 0.1) is 0 Å². The monoisotopic (exact) mass is 424 g/mol. The summed E-state index contributed by atoms with van der Waals surface area (Å²) in [6.45, 7) is 2.14. The van der Waals surface area contributed by atoms with E-state index in [1.807, 2.05) is 54.7 Å². The number of para-hydroxylation sites is 1. The van der Waals surface area contributed by atoms with Gasteiger partial charge in [-0.25, -0.2) is 4.79 Å². The minimum atomic E-state index is -0.965. The molecule has 3 aromatic carbocycles. The average molecular weight is 425 g/mol. The Morgan fingerprint density at radius 1 is 1.06 bits per heavy atom. The lowest BCUT2D eigenvalue weighted by Crippen LogP contribution is -1.98. The van der Waals surface area contributed by atoms with Crippen LogP contribution in [0.4, 0.5) is 0 Å². The number of methoxy groups -OCH3 is 1. The van der Waals surface area contributed by atoms with Crippen LogP contribution >= 0.6 is 0 Å². The number of fused-ring (bicyclic) bond motifs is 1. The van der Waals surface area contributed by atoms with Crippen LogP contribution in [0.15, 0.2) is 79.0 Å². The average Bonchev–Trinajstić information content (AvgIpc) is 3.29. The van der Waals surface area contributed by atoms with Crippen LogP contribution in [-0.4, -0.2) is 28.4 Å². The third kappa shape index (κ3) is 4.32. The van der Waals surface area contributed by atoms with Gasteiger partial charge in [0, 0.05) is 17.0 Å². The van der Waals surface area contributed by atoms with Crippen molar-refractivity contribution in [3.63, 3.8) is 0 Å². The molecule has 5 nitrogen and oxygen atoms in total. The maximum Gasteiger partial charge on any atom is 0.328 e. The molecule has 0 radical (unpaired) electrons. The molecule has 0 bridgehead atoms. The van der Waals surface area contributed by atoms with E-state index in [2.05, 4.69) is 35.3 Å². The van der Waals surface area contributed by atoms with Crippen LogP contribution in [0.1, 0.15) is 35.6 Å². The standard InChI is InChI=1S/C27H24N2O3/c1-3-22(23-6-4-5-7-25(23)32-2)27(20-13-14-24-21(16-20)17-28-29-24)19-11-8-18(9-12-19)10-15-26(30)31/h4-17H,3H2,1-2H3,(H,28,29)(H,30,31). The van der Waals surface area contributed by atoms with Crippen LogP contribution in [0.25, 0.3) is 28.1 Å². The number of ether oxygens (including phenoxy) is 1. The molecule has 0 aliphatic carbocycles. The van der Waals surface area contributed by atoms with Crippen LogP contribution in [-0.2, 0) is 4.79 Å². The Morgan fingerprint density at radius 3 is 2.53 bits per heavy atom. The molecule has 0 amide bonds. The molecule has 4 rings (SSSR count). The van der Waals surface area contributed by atoms with Gasteiger partial charge in [-0.1, -0.05) is 55.5 Å². The molecule has 0 fully saturated rings. The van der Waals surface area contributed by atoms with Crippen molar-refractivity contribution in [3.05, 3.63) is 101 Å². The van der Waals surface area contributed by atoms with E-state index in [1.54, 1.807) is 13.2 Å². The smallest absolute Gasteiger partial charge is 0.328 e. The number of benzene rings is 3. The van der Waals surface area contributed by atoms with Crippen molar-refractivity contribution >= 4 is 34.1 Å². The van der Waals surface area contributed by atoms with Gasteiger partial charge < -0.3 is 9.84 Å². The summed E-state index contributed by atoms with van der Waals surface area (Å²) in [6, 6.07) is 22.2. The number of carbonyl (C=O) groups is 1. The third-order valence-electron chi connectivity index (χ3n) is 5.43. The number of hydrogen-bond donors (Lipinski definition) is 2. The SMILES string of the molecule is CCC(=C(c1ccc(C=CC(=O)O)cc1)c1ccc2[nH]ncc2c1)c1ccccc1OC. The molecule has 0 aliphatic heterocycles. The number of H-pyrrole nitrogens is 1. The zero-order valence-corrected chi connectivity index (χ0v) is 18.0. The largest absolute Gasteiger partial charge is 0.496 e. The van der Waals surface area contributed by atoms with Gasteiger partial charge in [0.2, 0.25) is 0 Å². The van der Waals surface area contributed by atoms with Crippen LogP contribution in [0.3, 0.4) is 0 Å². The Hall–Kier alpha value is -4.12. The Bertz CT molecular complexity index is 1310. The fraction of sp³-hybridized carbons (Fsp3) is 0.111. The fourth-order valence-corrected chi connectivity index (χ4v) is 3.94. The molecule has 4 aromatic rings. The first-order valence-corrected chi connectivity index (χ1v) is 10.4. The summed E-state index contributed by atoms with van der Waals surface area (Å²) in [4.78, 5) is 10.8. The van der Waals surface area contributed by atoms with Crippen LogP contribution in [0.5, 0.6) is 5.75 Å². The van der Waals surface area contributed by atoms with Gasteiger partial charge >= 0.3 is 5.97 Å². The first kappa shape index (κ1) is 21.1. The molecule has 1 aromatic heterocycles. The molecule has 1 heterocycles. The van der Waals surface area contributed by atoms with E-state index in [9.17, 15) is 4.79 Å². The molecule has 0 aliphatic rings. The molecule has 5 heteroatoms. The lowest BCUT2D eigenvalue weighted by Gasteiger charge is -2.18. The molecule has 0 saturated carbocycles. The minimum Gasteiger partial charge on any atom is -0.496 e. The van der Waals surface area contributed by atoms with E-state index in [-0.39, 0.29) is 0 Å². The van der Waals surface area contributed by atoms with Gasteiger partial charge in [0.25, 0.3) is 0 Å². The summed E-state index contributed by atoms with van der Waals surface area (Å²) < 4.78 is 5.67. The molecule has 0 unspecified atom stereocenters. The normalized spacial score (nSPS) is 12.2. The van der Waals surface area contributed by atoms with Crippen molar-refractivity contribution < 1.29 is 14.6 Å². The van der Waals surface area contributed by atoms with E-state index in [1.165, 1.54) is 5.57 Å². The summed E-state index contributed by atoms with van der Waals surface area (Å²) in [5.41, 5.74) is 7.26. The second-order valence-electron chi connectivity index (χ2n) is 7.37. The summed E-state index contributed by atoms with van der Waals surface area (Å²) in [5.74, 6) is -0.139. The van der Waals surface area contributed by atoms with Crippen molar-refractivity contribution in [2.45, 2.75) is 13.3 Å².